The lowest BCUT2D eigenvalue weighted by Gasteiger charge is -2.14. The standard InChI is InChI=1S/C24H32N4O2/c1-15(2)22-11-20(21-13-26-28(16(3)4)23(21)27-22)24(29)25-12-18-9-7-8-10-19(18)14-30-17(5)6/h7-11,13,15-17H,12,14H2,1-6H3,(H,25,29). The first-order chi connectivity index (χ1) is 14.3. The summed E-state index contributed by atoms with van der Waals surface area (Å²) in [7, 11) is 0. The predicted octanol–water partition coefficient (Wildman–Crippen LogP) is 4.99. The van der Waals surface area contributed by atoms with Crippen LogP contribution in [0.2, 0.25) is 0 Å². The average Bonchev–Trinajstić information content (AvgIpc) is 3.14. The Bertz CT molecular complexity index is 1020. The van der Waals surface area contributed by atoms with Crippen LogP contribution in [0.3, 0.4) is 0 Å². The van der Waals surface area contributed by atoms with E-state index in [9.17, 15) is 4.79 Å². The van der Waals surface area contributed by atoms with Gasteiger partial charge in [0.15, 0.2) is 5.65 Å². The molecule has 0 bridgehead atoms. The molecule has 1 amide bonds. The Kier molecular flexibility index (Phi) is 6.87. The van der Waals surface area contributed by atoms with Crippen LogP contribution in [-0.4, -0.2) is 26.8 Å². The number of fused-ring (bicyclic) bond motifs is 1. The van der Waals surface area contributed by atoms with Crippen LogP contribution in [0, 0.1) is 0 Å². The monoisotopic (exact) mass is 408 g/mol. The quantitative estimate of drug-likeness (QED) is 0.570. The smallest absolute Gasteiger partial charge is 0.252 e. The molecule has 6 heteroatoms. The third-order valence-corrected chi connectivity index (χ3v) is 5.04. The topological polar surface area (TPSA) is 69.0 Å². The summed E-state index contributed by atoms with van der Waals surface area (Å²) in [4.78, 5) is 17.9. The molecule has 0 spiro atoms. The van der Waals surface area contributed by atoms with E-state index in [0.717, 1.165) is 27.9 Å². The van der Waals surface area contributed by atoms with Crippen LogP contribution in [-0.2, 0) is 17.9 Å². The molecule has 0 unspecified atom stereocenters. The summed E-state index contributed by atoms with van der Waals surface area (Å²) in [5, 5.41) is 8.33. The van der Waals surface area contributed by atoms with Gasteiger partial charge in [-0.05, 0) is 50.8 Å². The van der Waals surface area contributed by atoms with Gasteiger partial charge in [0.2, 0.25) is 0 Å². The Labute approximate surface area is 178 Å². The number of pyridine rings is 1. The molecule has 0 atom stereocenters. The second kappa shape index (κ2) is 9.39. The van der Waals surface area contributed by atoms with E-state index < -0.39 is 0 Å². The Balaban J connectivity index is 1.87. The van der Waals surface area contributed by atoms with Crippen LogP contribution in [0.4, 0.5) is 0 Å². The van der Waals surface area contributed by atoms with Crippen LogP contribution < -0.4 is 5.32 Å². The van der Waals surface area contributed by atoms with Crippen molar-refractivity contribution in [3.8, 4) is 0 Å². The summed E-state index contributed by atoms with van der Waals surface area (Å²) in [5.74, 6) is 0.0950. The number of hydrogen-bond donors (Lipinski definition) is 1. The number of nitrogens with one attached hydrogen (secondary N) is 1. The zero-order chi connectivity index (χ0) is 21.8. The van der Waals surface area contributed by atoms with E-state index in [-0.39, 0.29) is 24.0 Å². The summed E-state index contributed by atoms with van der Waals surface area (Å²) in [6.45, 7) is 13.3. The molecule has 0 saturated carbocycles. The minimum Gasteiger partial charge on any atom is -0.374 e. The minimum absolute atomic E-state index is 0.118. The maximum absolute atomic E-state index is 13.2. The van der Waals surface area contributed by atoms with E-state index in [1.165, 1.54) is 0 Å². The number of carbonyl (C=O) groups excluding carboxylic acids is 1. The van der Waals surface area contributed by atoms with Crippen molar-refractivity contribution in [3.63, 3.8) is 0 Å². The second-order valence-electron chi connectivity index (χ2n) is 8.48. The van der Waals surface area contributed by atoms with Gasteiger partial charge in [-0.15, -0.1) is 0 Å². The fourth-order valence-electron chi connectivity index (χ4n) is 3.30. The predicted molar refractivity (Wildman–Crippen MR) is 120 cm³/mol. The highest BCUT2D eigenvalue weighted by molar-refractivity contribution is 6.05. The van der Waals surface area contributed by atoms with Crippen LogP contribution in [0.5, 0.6) is 0 Å². The molecule has 1 aromatic carbocycles. The van der Waals surface area contributed by atoms with Crippen LogP contribution >= 0.6 is 0 Å². The van der Waals surface area contributed by atoms with Gasteiger partial charge in [0.1, 0.15) is 0 Å². The third-order valence-electron chi connectivity index (χ3n) is 5.04. The molecule has 1 N–H and O–H groups in total. The van der Waals surface area contributed by atoms with Crippen molar-refractivity contribution in [2.45, 2.75) is 72.8 Å². The van der Waals surface area contributed by atoms with Crippen molar-refractivity contribution in [1.82, 2.24) is 20.1 Å². The first-order valence-electron chi connectivity index (χ1n) is 10.6. The Morgan fingerprint density at radius 2 is 1.80 bits per heavy atom. The third kappa shape index (κ3) is 4.87. The summed E-state index contributed by atoms with van der Waals surface area (Å²) < 4.78 is 7.62. The Hall–Kier alpha value is -2.73. The molecule has 3 aromatic rings. The molecule has 0 aliphatic carbocycles. The van der Waals surface area contributed by atoms with Crippen molar-refractivity contribution in [3.05, 3.63) is 58.9 Å². The number of amides is 1. The Morgan fingerprint density at radius 3 is 2.43 bits per heavy atom. The molecule has 0 saturated heterocycles. The van der Waals surface area contributed by atoms with E-state index in [2.05, 4.69) is 38.1 Å². The highest BCUT2D eigenvalue weighted by atomic mass is 16.5. The summed E-state index contributed by atoms with van der Waals surface area (Å²) in [6, 6.07) is 10.1. The van der Waals surface area contributed by atoms with Gasteiger partial charge in [-0.1, -0.05) is 38.1 Å². The van der Waals surface area contributed by atoms with Gasteiger partial charge < -0.3 is 10.1 Å². The molecule has 160 valence electrons. The molecular weight excluding hydrogens is 376 g/mol. The zero-order valence-electron chi connectivity index (χ0n) is 18.8. The number of hydrogen-bond acceptors (Lipinski definition) is 4. The normalized spacial score (nSPS) is 11.8. The van der Waals surface area contributed by atoms with E-state index in [4.69, 9.17) is 9.72 Å². The molecule has 2 heterocycles. The fraction of sp³-hybridized carbons (Fsp3) is 0.458. The van der Waals surface area contributed by atoms with Crippen LogP contribution in [0.1, 0.15) is 80.7 Å². The SMILES string of the molecule is CC(C)OCc1ccccc1CNC(=O)c1cc(C(C)C)nc2c1cnn2C(C)C. The first-order valence-corrected chi connectivity index (χ1v) is 10.6. The minimum atomic E-state index is -0.118. The molecule has 30 heavy (non-hydrogen) atoms. The summed E-state index contributed by atoms with van der Waals surface area (Å²) >= 11 is 0. The zero-order valence-corrected chi connectivity index (χ0v) is 18.8. The van der Waals surface area contributed by atoms with Crippen molar-refractivity contribution in [2.75, 3.05) is 0 Å². The van der Waals surface area contributed by atoms with Crippen molar-refractivity contribution in [2.24, 2.45) is 0 Å². The van der Waals surface area contributed by atoms with Gasteiger partial charge in [-0.3, -0.25) is 4.79 Å². The lowest BCUT2D eigenvalue weighted by atomic mass is 10.0. The highest BCUT2D eigenvalue weighted by Gasteiger charge is 2.19. The largest absolute Gasteiger partial charge is 0.374 e. The second-order valence-corrected chi connectivity index (χ2v) is 8.48. The molecule has 3 rings (SSSR count). The molecule has 0 fully saturated rings. The summed E-state index contributed by atoms with van der Waals surface area (Å²) in [6.07, 6.45) is 1.90. The van der Waals surface area contributed by atoms with E-state index in [0.29, 0.717) is 18.7 Å². The van der Waals surface area contributed by atoms with Crippen LogP contribution in [0.25, 0.3) is 11.0 Å². The van der Waals surface area contributed by atoms with Crippen LogP contribution in [0.15, 0.2) is 36.5 Å². The van der Waals surface area contributed by atoms with Gasteiger partial charge in [0.05, 0.1) is 29.9 Å². The van der Waals surface area contributed by atoms with E-state index >= 15 is 0 Å². The fourth-order valence-corrected chi connectivity index (χ4v) is 3.30. The van der Waals surface area contributed by atoms with Gasteiger partial charge in [-0.2, -0.15) is 5.10 Å². The Morgan fingerprint density at radius 1 is 1.10 bits per heavy atom. The van der Waals surface area contributed by atoms with Gasteiger partial charge in [0.25, 0.3) is 5.91 Å². The maximum atomic E-state index is 13.2. The maximum Gasteiger partial charge on any atom is 0.252 e. The first kappa shape index (κ1) is 22.0. The average molecular weight is 409 g/mol. The number of rotatable bonds is 8. The van der Waals surface area contributed by atoms with Crippen molar-refractivity contribution < 1.29 is 9.53 Å². The molecule has 2 aromatic heterocycles. The molecule has 0 aliphatic rings. The van der Waals surface area contributed by atoms with E-state index in [1.807, 2.05) is 48.9 Å². The molecule has 0 radical (unpaired) electrons. The molecular formula is C24H32N4O2. The van der Waals surface area contributed by atoms with Gasteiger partial charge in [-0.25, -0.2) is 9.67 Å². The van der Waals surface area contributed by atoms with E-state index in [1.54, 1.807) is 6.20 Å². The van der Waals surface area contributed by atoms with Gasteiger partial charge in [0, 0.05) is 18.3 Å². The number of nitrogens with zero attached hydrogens (tertiary/aromatic N) is 3. The van der Waals surface area contributed by atoms with Gasteiger partial charge >= 0.3 is 0 Å². The number of aromatic nitrogens is 3. The van der Waals surface area contributed by atoms with Crippen molar-refractivity contribution in [1.29, 1.82) is 0 Å². The molecule has 0 aliphatic heterocycles. The lowest BCUT2D eigenvalue weighted by molar-refractivity contribution is 0.0651. The molecule has 6 nitrogen and oxygen atoms in total. The number of carbonyl (C=O) groups is 1. The number of benzene rings is 1. The number of ether oxygens (including phenoxy) is 1. The van der Waals surface area contributed by atoms with Crippen molar-refractivity contribution >= 4 is 16.9 Å². The lowest BCUT2D eigenvalue weighted by Crippen LogP contribution is -2.24. The highest BCUT2D eigenvalue weighted by Crippen LogP contribution is 2.24. The summed E-state index contributed by atoms with van der Waals surface area (Å²) in [5.41, 5.74) is 4.40.